The summed E-state index contributed by atoms with van der Waals surface area (Å²) < 4.78 is 1.10. The van der Waals surface area contributed by atoms with Gasteiger partial charge in [0.25, 0.3) is 0 Å². The van der Waals surface area contributed by atoms with Crippen LogP contribution in [0.4, 0.5) is 0 Å². The molecule has 0 unspecified atom stereocenters. The normalized spacial score (nSPS) is 11.7. The molecule has 128 valence electrons. The molecule has 5 rings (SSSR count). The molecule has 0 bridgehead atoms. The summed E-state index contributed by atoms with van der Waals surface area (Å²) in [5.74, 6) is 0. The molecule has 27 heavy (non-hydrogen) atoms. The zero-order chi connectivity index (χ0) is 18.2. The Bertz CT molecular complexity index is 1320. The van der Waals surface area contributed by atoms with E-state index >= 15 is 0 Å². The zero-order valence-electron chi connectivity index (χ0n) is 14.7. The van der Waals surface area contributed by atoms with Crippen LogP contribution >= 0.6 is 15.9 Å². The minimum absolute atomic E-state index is 1.10. The molecule has 0 saturated heterocycles. The third-order valence-corrected chi connectivity index (χ3v) is 5.56. The van der Waals surface area contributed by atoms with Gasteiger partial charge in [0.2, 0.25) is 0 Å². The fourth-order valence-corrected chi connectivity index (χ4v) is 4.17. The van der Waals surface area contributed by atoms with Crippen LogP contribution in [-0.2, 0) is 0 Å². The van der Waals surface area contributed by atoms with Crippen molar-refractivity contribution < 1.29 is 0 Å². The first-order chi connectivity index (χ1) is 13.3. The molecule has 0 aromatic heterocycles. The standard InChI is InChI=1S/C26H17Br/c27-23-6-3-4-18(16-23)8-9-19-10-11-21-13-15-22-14-12-20-5-1-2-7-24(20)26(22)25(21)17-19/h1-17H/b9-8+. The third kappa shape index (κ3) is 3.05. The molecule has 1 heteroatoms. The summed E-state index contributed by atoms with van der Waals surface area (Å²) in [5, 5.41) is 7.80. The molecule has 0 aliphatic heterocycles. The van der Waals surface area contributed by atoms with Crippen molar-refractivity contribution in [3.63, 3.8) is 0 Å². The largest absolute Gasteiger partial charge is 0.0616 e. The van der Waals surface area contributed by atoms with E-state index in [9.17, 15) is 0 Å². The van der Waals surface area contributed by atoms with Crippen LogP contribution in [0.3, 0.4) is 0 Å². The maximum absolute atomic E-state index is 3.54. The van der Waals surface area contributed by atoms with Crippen LogP contribution in [0.15, 0.2) is 95.5 Å². The van der Waals surface area contributed by atoms with Crippen molar-refractivity contribution >= 4 is 60.4 Å². The summed E-state index contributed by atoms with van der Waals surface area (Å²) in [6.07, 6.45) is 4.35. The van der Waals surface area contributed by atoms with Crippen LogP contribution in [0.2, 0.25) is 0 Å². The fourth-order valence-electron chi connectivity index (χ4n) is 3.75. The lowest BCUT2D eigenvalue weighted by molar-refractivity contribution is 1.61. The van der Waals surface area contributed by atoms with E-state index in [0.717, 1.165) is 4.47 Å². The van der Waals surface area contributed by atoms with E-state index in [1.165, 1.54) is 43.4 Å². The SMILES string of the molecule is Brc1cccc(/C=C/c2ccc3ccc4ccc5ccccc5c4c3c2)c1. The van der Waals surface area contributed by atoms with Crippen molar-refractivity contribution in [2.75, 3.05) is 0 Å². The minimum Gasteiger partial charge on any atom is -0.0616 e. The highest BCUT2D eigenvalue weighted by molar-refractivity contribution is 9.10. The van der Waals surface area contributed by atoms with Gasteiger partial charge in [-0.15, -0.1) is 0 Å². The van der Waals surface area contributed by atoms with Gasteiger partial charge in [0.15, 0.2) is 0 Å². The second-order valence-corrected chi connectivity index (χ2v) is 7.73. The average Bonchev–Trinajstić information content (AvgIpc) is 2.71. The number of hydrogen-bond acceptors (Lipinski definition) is 0. The zero-order valence-corrected chi connectivity index (χ0v) is 16.3. The maximum atomic E-state index is 3.54. The predicted molar refractivity (Wildman–Crippen MR) is 122 cm³/mol. The lowest BCUT2D eigenvalue weighted by atomic mass is 9.95. The van der Waals surface area contributed by atoms with Crippen molar-refractivity contribution in [2.24, 2.45) is 0 Å². The maximum Gasteiger partial charge on any atom is 0.0181 e. The highest BCUT2D eigenvalue weighted by Crippen LogP contribution is 2.33. The molecule has 0 radical (unpaired) electrons. The Balaban J connectivity index is 1.72. The quantitative estimate of drug-likeness (QED) is 0.204. The second-order valence-electron chi connectivity index (χ2n) is 6.82. The Morgan fingerprint density at radius 2 is 1.19 bits per heavy atom. The van der Waals surface area contributed by atoms with Crippen molar-refractivity contribution in [3.8, 4) is 0 Å². The molecule has 0 aliphatic carbocycles. The predicted octanol–water partition coefficient (Wildman–Crippen LogP) is 8.08. The molecule has 0 nitrogen and oxygen atoms in total. The molecule has 0 spiro atoms. The van der Waals surface area contributed by atoms with E-state index in [4.69, 9.17) is 0 Å². The Hall–Kier alpha value is -2.90. The monoisotopic (exact) mass is 408 g/mol. The van der Waals surface area contributed by atoms with E-state index in [1.807, 2.05) is 6.07 Å². The Labute approximate surface area is 166 Å². The van der Waals surface area contributed by atoms with Gasteiger partial charge >= 0.3 is 0 Å². The second kappa shape index (κ2) is 6.68. The van der Waals surface area contributed by atoms with Gasteiger partial charge in [-0.25, -0.2) is 0 Å². The van der Waals surface area contributed by atoms with Crippen molar-refractivity contribution in [2.45, 2.75) is 0 Å². The van der Waals surface area contributed by atoms with Gasteiger partial charge in [0.05, 0.1) is 0 Å². The number of fused-ring (bicyclic) bond motifs is 5. The molecule has 0 heterocycles. The molecule has 0 aliphatic rings. The van der Waals surface area contributed by atoms with Gasteiger partial charge in [-0.2, -0.15) is 0 Å². The molecule has 0 atom stereocenters. The summed E-state index contributed by atoms with van der Waals surface area (Å²) in [5.41, 5.74) is 2.40. The number of halogens is 1. The summed E-state index contributed by atoms with van der Waals surface area (Å²) in [6, 6.07) is 32.6. The highest BCUT2D eigenvalue weighted by Gasteiger charge is 2.05. The number of rotatable bonds is 2. The highest BCUT2D eigenvalue weighted by atomic mass is 79.9. The molecule has 0 saturated carbocycles. The topological polar surface area (TPSA) is 0 Å². The molecule has 0 amide bonds. The Morgan fingerprint density at radius 3 is 2.00 bits per heavy atom. The third-order valence-electron chi connectivity index (χ3n) is 5.07. The van der Waals surface area contributed by atoms with Gasteiger partial charge in [-0.1, -0.05) is 101 Å². The van der Waals surface area contributed by atoms with Crippen molar-refractivity contribution in [1.29, 1.82) is 0 Å². The van der Waals surface area contributed by atoms with Crippen LogP contribution in [0.25, 0.3) is 44.5 Å². The van der Waals surface area contributed by atoms with Crippen LogP contribution in [0, 0.1) is 0 Å². The van der Waals surface area contributed by atoms with E-state index in [2.05, 4.69) is 113 Å². The van der Waals surface area contributed by atoms with Gasteiger partial charge in [0, 0.05) is 4.47 Å². The van der Waals surface area contributed by atoms with E-state index in [1.54, 1.807) is 0 Å². The molecular weight excluding hydrogens is 392 g/mol. The molecule has 0 fully saturated rings. The van der Waals surface area contributed by atoms with Crippen LogP contribution in [-0.4, -0.2) is 0 Å². The average molecular weight is 409 g/mol. The first kappa shape index (κ1) is 16.3. The number of hydrogen-bond donors (Lipinski definition) is 0. The summed E-state index contributed by atoms with van der Waals surface area (Å²) in [7, 11) is 0. The van der Waals surface area contributed by atoms with E-state index in [-0.39, 0.29) is 0 Å². The first-order valence-electron chi connectivity index (χ1n) is 9.06. The Kier molecular flexibility index (Phi) is 4.03. The minimum atomic E-state index is 1.10. The van der Waals surface area contributed by atoms with Crippen LogP contribution < -0.4 is 0 Å². The fraction of sp³-hybridized carbons (Fsp3) is 0. The lowest BCUT2D eigenvalue weighted by Crippen LogP contribution is -1.82. The molecule has 5 aromatic carbocycles. The number of benzene rings is 5. The van der Waals surface area contributed by atoms with Crippen molar-refractivity contribution in [1.82, 2.24) is 0 Å². The first-order valence-corrected chi connectivity index (χ1v) is 9.85. The summed E-state index contributed by atoms with van der Waals surface area (Å²) in [4.78, 5) is 0. The smallest absolute Gasteiger partial charge is 0.0181 e. The van der Waals surface area contributed by atoms with E-state index < -0.39 is 0 Å². The van der Waals surface area contributed by atoms with Crippen molar-refractivity contribution in [3.05, 3.63) is 107 Å². The van der Waals surface area contributed by atoms with Crippen LogP contribution in [0.5, 0.6) is 0 Å². The van der Waals surface area contributed by atoms with Gasteiger partial charge in [-0.05, 0) is 61.6 Å². The molecule has 5 aromatic rings. The lowest BCUT2D eigenvalue weighted by Gasteiger charge is -2.09. The van der Waals surface area contributed by atoms with Crippen LogP contribution in [0.1, 0.15) is 11.1 Å². The summed E-state index contributed by atoms with van der Waals surface area (Å²) >= 11 is 3.54. The van der Waals surface area contributed by atoms with E-state index in [0.29, 0.717) is 0 Å². The molecular formula is C26H17Br. The molecule has 0 N–H and O–H groups in total. The van der Waals surface area contributed by atoms with Gasteiger partial charge in [-0.3, -0.25) is 0 Å². The van der Waals surface area contributed by atoms with Gasteiger partial charge in [0.1, 0.15) is 0 Å². The Morgan fingerprint density at radius 1 is 0.519 bits per heavy atom. The van der Waals surface area contributed by atoms with Gasteiger partial charge < -0.3 is 0 Å². The summed E-state index contributed by atoms with van der Waals surface area (Å²) in [6.45, 7) is 0.